The lowest BCUT2D eigenvalue weighted by Crippen LogP contribution is -2.41. The van der Waals surface area contributed by atoms with Crippen LogP contribution in [0.3, 0.4) is 0 Å². The molecule has 3 aromatic rings. The average molecular weight is 523 g/mol. The number of carbonyl (C=O) groups excluding carboxylic acids is 1. The summed E-state index contributed by atoms with van der Waals surface area (Å²) in [5.41, 5.74) is 3.62. The van der Waals surface area contributed by atoms with Crippen molar-refractivity contribution in [2.24, 2.45) is 16.4 Å². The first kappa shape index (κ1) is 26.0. The number of carbonyl (C=O) groups is 1. The minimum Gasteiger partial charge on any atom is -0.457 e. The highest BCUT2D eigenvalue weighted by atomic mass is 32.2. The molecule has 1 aliphatic heterocycles. The number of benzene rings is 2. The first-order valence-corrected chi connectivity index (χ1v) is 13.1. The molecule has 0 spiro atoms. The number of amides is 1. The second kappa shape index (κ2) is 10.9. The van der Waals surface area contributed by atoms with Crippen LogP contribution in [-0.2, 0) is 16.2 Å². The zero-order valence-corrected chi connectivity index (χ0v) is 22.4. The molecule has 0 saturated carbocycles. The molecule has 0 saturated heterocycles. The molecule has 0 fully saturated rings. The third-order valence-corrected chi connectivity index (χ3v) is 7.72. The lowest BCUT2D eigenvalue weighted by molar-refractivity contribution is -0.129. The Kier molecular flexibility index (Phi) is 7.85. The van der Waals surface area contributed by atoms with Crippen LogP contribution in [0, 0.1) is 5.41 Å². The summed E-state index contributed by atoms with van der Waals surface area (Å²) in [4.78, 5) is 21.3. The van der Waals surface area contributed by atoms with Crippen LogP contribution in [0.25, 0.3) is 10.4 Å². The van der Waals surface area contributed by atoms with E-state index in [9.17, 15) is 4.79 Å². The Labute approximate surface area is 219 Å². The lowest BCUT2D eigenvalue weighted by atomic mass is 9.69. The number of hydrazone groups is 1. The molecule has 0 aliphatic carbocycles. The van der Waals surface area contributed by atoms with E-state index in [2.05, 4.69) is 47.3 Å². The van der Waals surface area contributed by atoms with Gasteiger partial charge in [-0.05, 0) is 29.8 Å². The highest BCUT2D eigenvalue weighted by Crippen LogP contribution is 2.52. The van der Waals surface area contributed by atoms with Gasteiger partial charge in [-0.2, -0.15) is 10.2 Å². The van der Waals surface area contributed by atoms with Gasteiger partial charge in [-0.25, -0.2) is 0 Å². The smallest absolute Gasteiger partial charge is 0.231 e. The fourth-order valence-electron chi connectivity index (χ4n) is 4.24. The van der Waals surface area contributed by atoms with Gasteiger partial charge in [0.05, 0.1) is 16.0 Å². The zero-order valence-electron chi connectivity index (χ0n) is 20.8. The van der Waals surface area contributed by atoms with Gasteiger partial charge in [-0.3, -0.25) is 9.63 Å². The molecule has 2 heterocycles. The van der Waals surface area contributed by atoms with Crippen molar-refractivity contribution in [2.45, 2.75) is 26.4 Å². The molecule has 1 amide bonds. The van der Waals surface area contributed by atoms with E-state index in [0.29, 0.717) is 11.6 Å². The number of hydroxylamine groups is 2. The molecular weight excluding hydrogens is 492 g/mol. The molecule has 0 bridgehead atoms. The summed E-state index contributed by atoms with van der Waals surface area (Å²) in [5, 5.41) is 8.51. The Morgan fingerprint density at radius 3 is 2.72 bits per heavy atom. The van der Waals surface area contributed by atoms with Gasteiger partial charge >= 0.3 is 0 Å². The SMILES string of the molecule is C=C(NC(=O)C(C)(C)C1c2ccccc2Oc2cc(-c3ccc(CON(C)C)s3)ccc21)S/C=N\N. The van der Waals surface area contributed by atoms with Crippen molar-refractivity contribution in [1.82, 2.24) is 10.4 Å². The molecule has 188 valence electrons. The number of ether oxygens (including phenoxy) is 1. The molecule has 1 unspecified atom stereocenters. The predicted molar refractivity (Wildman–Crippen MR) is 148 cm³/mol. The van der Waals surface area contributed by atoms with E-state index < -0.39 is 5.41 Å². The number of para-hydroxylation sites is 1. The van der Waals surface area contributed by atoms with Crippen LogP contribution in [0.1, 0.15) is 35.8 Å². The fourth-order valence-corrected chi connectivity index (χ4v) is 5.49. The van der Waals surface area contributed by atoms with Crippen molar-refractivity contribution >= 4 is 34.6 Å². The van der Waals surface area contributed by atoms with Gasteiger partial charge in [0.25, 0.3) is 0 Å². The van der Waals surface area contributed by atoms with Crippen LogP contribution in [0.15, 0.2) is 71.3 Å². The van der Waals surface area contributed by atoms with E-state index in [1.807, 2.05) is 52.2 Å². The van der Waals surface area contributed by atoms with E-state index in [0.717, 1.165) is 37.9 Å². The monoisotopic (exact) mass is 522 g/mol. The van der Waals surface area contributed by atoms with Crippen LogP contribution < -0.4 is 15.9 Å². The lowest BCUT2D eigenvalue weighted by Gasteiger charge is -2.38. The van der Waals surface area contributed by atoms with Gasteiger partial charge in [0, 0.05) is 40.9 Å². The topological polar surface area (TPSA) is 89.2 Å². The van der Waals surface area contributed by atoms with Gasteiger partial charge in [-0.1, -0.05) is 62.5 Å². The molecule has 7 nitrogen and oxygen atoms in total. The van der Waals surface area contributed by atoms with E-state index in [4.69, 9.17) is 15.4 Å². The van der Waals surface area contributed by atoms with Crippen LogP contribution in [0.5, 0.6) is 11.5 Å². The molecule has 0 radical (unpaired) electrons. The molecule has 36 heavy (non-hydrogen) atoms. The number of thioether (sulfide) groups is 1. The van der Waals surface area contributed by atoms with Crippen molar-refractivity contribution in [3.05, 3.63) is 82.2 Å². The van der Waals surface area contributed by atoms with Crippen molar-refractivity contribution in [1.29, 1.82) is 0 Å². The first-order chi connectivity index (χ1) is 17.2. The highest BCUT2D eigenvalue weighted by Gasteiger charge is 2.43. The second-order valence-electron chi connectivity index (χ2n) is 9.15. The maximum absolute atomic E-state index is 13.4. The van der Waals surface area contributed by atoms with Gasteiger partial charge < -0.3 is 15.9 Å². The maximum atomic E-state index is 13.4. The number of hydrogen-bond donors (Lipinski definition) is 2. The van der Waals surface area contributed by atoms with E-state index >= 15 is 0 Å². The summed E-state index contributed by atoms with van der Waals surface area (Å²) in [6, 6.07) is 18.3. The number of hydrogen-bond acceptors (Lipinski definition) is 8. The zero-order chi connectivity index (χ0) is 25.9. The van der Waals surface area contributed by atoms with Crippen molar-refractivity contribution in [3.63, 3.8) is 0 Å². The van der Waals surface area contributed by atoms with Crippen LogP contribution in [0.2, 0.25) is 0 Å². The number of nitrogens with one attached hydrogen (secondary N) is 1. The average Bonchev–Trinajstić information content (AvgIpc) is 3.33. The number of rotatable bonds is 9. The maximum Gasteiger partial charge on any atom is 0.231 e. The van der Waals surface area contributed by atoms with E-state index in [1.54, 1.807) is 16.4 Å². The Morgan fingerprint density at radius 1 is 1.22 bits per heavy atom. The number of thiophene rings is 1. The summed E-state index contributed by atoms with van der Waals surface area (Å²) < 4.78 is 6.35. The molecule has 1 atom stereocenters. The molecule has 3 N–H and O–H groups in total. The normalized spacial score (nSPS) is 14.9. The van der Waals surface area contributed by atoms with Crippen molar-refractivity contribution in [3.8, 4) is 21.9 Å². The highest BCUT2D eigenvalue weighted by molar-refractivity contribution is 8.15. The van der Waals surface area contributed by atoms with E-state index in [-0.39, 0.29) is 11.8 Å². The largest absolute Gasteiger partial charge is 0.457 e. The molecule has 1 aliphatic rings. The first-order valence-electron chi connectivity index (χ1n) is 11.4. The molecule has 2 aromatic carbocycles. The third kappa shape index (κ3) is 5.49. The summed E-state index contributed by atoms with van der Waals surface area (Å²) in [6.07, 6.45) is 0. The van der Waals surface area contributed by atoms with Gasteiger partial charge in [0.1, 0.15) is 18.1 Å². The quantitative estimate of drug-likeness (QED) is 0.158. The predicted octanol–water partition coefficient (Wildman–Crippen LogP) is 5.89. The fraction of sp³-hybridized carbons (Fsp3) is 0.259. The van der Waals surface area contributed by atoms with Crippen LogP contribution in [-0.4, -0.2) is 30.6 Å². The third-order valence-electron chi connectivity index (χ3n) is 6.00. The summed E-state index contributed by atoms with van der Waals surface area (Å²) >= 11 is 2.85. The minimum atomic E-state index is -0.806. The summed E-state index contributed by atoms with van der Waals surface area (Å²) in [6.45, 7) is 8.31. The van der Waals surface area contributed by atoms with Crippen molar-refractivity contribution < 1.29 is 14.4 Å². The van der Waals surface area contributed by atoms with Gasteiger partial charge in [0.2, 0.25) is 5.91 Å². The molecular formula is C27H30N4O3S2. The van der Waals surface area contributed by atoms with Crippen molar-refractivity contribution in [2.75, 3.05) is 14.1 Å². The Morgan fingerprint density at radius 2 is 1.97 bits per heavy atom. The standard InChI is InChI=1S/C27H30N4O3S2/c1-17(35-16-29-28)30-26(32)27(2,3)25-20-8-6-7-9-22(20)34-23-14-18(10-12-21(23)25)24-13-11-19(36-24)15-33-31(4)5/h6-14,16,25H,1,15,28H2,2-5H3,(H,30,32)/b29-16-. The number of fused-ring (bicyclic) bond motifs is 2. The summed E-state index contributed by atoms with van der Waals surface area (Å²) in [5.74, 6) is 6.31. The molecule has 1 aromatic heterocycles. The molecule has 4 rings (SSSR count). The second-order valence-corrected chi connectivity index (χ2v) is 11.3. The minimum absolute atomic E-state index is 0.147. The van der Waals surface area contributed by atoms with Gasteiger partial charge in [0.15, 0.2) is 0 Å². The molecule has 9 heteroatoms. The van der Waals surface area contributed by atoms with E-state index in [1.165, 1.54) is 17.3 Å². The van der Waals surface area contributed by atoms with Gasteiger partial charge in [-0.15, -0.1) is 11.3 Å². The Balaban J connectivity index is 1.68. The Bertz CT molecular complexity index is 1300. The Hall–Kier alpha value is -3.11. The number of nitrogens with two attached hydrogens (primary N) is 1. The van der Waals surface area contributed by atoms with Crippen LogP contribution in [0.4, 0.5) is 0 Å². The van der Waals surface area contributed by atoms with Crippen LogP contribution >= 0.6 is 23.1 Å². The summed E-state index contributed by atoms with van der Waals surface area (Å²) in [7, 11) is 3.74. The number of nitrogens with zero attached hydrogens (tertiary/aromatic N) is 2.